The molecule has 10 heteroatoms. The smallest absolute Gasteiger partial charge is 0.316 e. The lowest BCUT2D eigenvalue weighted by atomic mass is 9.81. The maximum atomic E-state index is 13.0. The molecule has 4 aliphatic rings. The van der Waals surface area contributed by atoms with Crippen LogP contribution in [0.1, 0.15) is 31.2 Å². The van der Waals surface area contributed by atoms with Gasteiger partial charge in [0.1, 0.15) is 5.75 Å². The van der Waals surface area contributed by atoms with E-state index in [1.54, 1.807) is 31.2 Å². The first-order valence-corrected chi connectivity index (χ1v) is 12.5. The highest BCUT2D eigenvalue weighted by atomic mass is 16.6. The third-order valence-electron chi connectivity index (χ3n) is 8.40. The molecule has 2 heterocycles. The molecule has 4 fully saturated rings. The van der Waals surface area contributed by atoms with Gasteiger partial charge < -0.3 is 9.64 Å². The summed E-state index contributed by atoms with van der Waals surface area (Å²) in [6, 6.07) is 10.8. The first kappa shape index (κ1) is 23.3. The summed E-state index contributed by atoms with van der Waals surface area (Å²) in [6.07, 6.45) is 2.92. The molecule has 0 spiro atoms. The fourth-order valence-electron chi connectivity index (χ4n) is 6.60. The molecule has 0 N–H and O–H groups in total. The summed E-state index contributed by atoms with van der Waals surface area (Å²) in [7, 11) is 0. The van der Waals surface area contributed by atoms with Crippen molar-refractivity contribution in [2.45, 2.75) is 32.6 Å². The summed E-state index contributed by atoms with van der Waals surface area (Å²) in [4.78, 5) is 64.8. The van der Waals surface area contributed by atoms with Crippen LogP contribution < -0.4 is 14.5 Å². The second-order valence-corrected chi connectivity index (χ2v) is 10.4. The highest BCUT2D eigenvalue weighted by molar-refractivity contribution is 6.22. The maximum Gasteiger partial charge on any atom is 0.316 e. The molecule has 3 amide bonds. The number of imide groups is 1. The van der Waals surface area contributed by atoms with Gasteiger partial charge in [-0.05, 0) is 68.4 Å². The summed E-state index contributed by atoms with van der Waals surface area (Å²) >= 11 is 0. The number of amides is 3. The van der Waals surface area contributed by atoms with E-state index in [-0.39, 0.29) is 54.0 Å². The zero-order valence-electron chi connectivity index (χ0n) is 20.2. The van der Waals surface area contributed by atoms with Gasteiger partial charge in [-0.15, -0.1) is 0 Å². The lowest BCUT2D eigenvalue weighted by Crippen LogP contribution is -2.32. The van der Waals surface area contributed by atoms with Gasteiger partial charge in [0.15, 0.2) is 0 Å². The molecule has 2 aromatic carbocycles. The summed E-state index contributed by atoms with van der Waals surface area (Å²) in [5.41, 5.74) is 1.21. The normalized spacial score (nSPS) is 28.2. The second-order valence-electron chi connectivity index (χ2n) is 10.4. The number of rotatable bonds is 5. The zero-order valence-corrected chi connectivity index (χ0v) is 20.2. The lowest BCUT2D eigenvalue weighted by Gasteiger charge is -2.19. The minimum atomic E-state index is -0.732. The van der Waals surface area contributed by atoms with Crippen molar-refractivity contribution >= 4 is 40.8 Å². The Balaban J connectivity index is 1.12. The van der Waals surface area contributed by atoms with Crippen LogP contribution in [0.5, 0.6) is 5.75 Å². The Hall–Kier alpha value is -4.08. The van der Waals surface area contributed by atoms with E-state index in [2.05, 4.69) is 0 Å². The Morgan fingerprint density at radius 2 is 1.59 bits per heavy atom. The number of hydrogen-bond donors (Lipinski definition) is 0. The zero-order chi connectivity index (χ0) is 26.0. The highest BCUT2D eigenvalue weighted by Gasteiger charge is 2.61. The van der Waals surface area contributed by atoms with E-state index >= 15 is 0 Å². The van der Waals surface area contributed by atoms with Gasteiger partial charge in [0.25, 0.3) is 5.69 Å². The second kappa shape index (κ2) is 8.50. The van der Waals surface area contributed by atoms with Crippen LogP contribution in [0.3, 0.4) is 0 Å². The summed E-state index contributed by atoms with van der Waals surface area (Å²) in [5, 5.41) is 11.3. The molecular formula is C27H25N3O7. The van der Waals surface area contributed by atoms with Gasteiger partial charge in [-0.1, -0.05) is 6.07 Å². The Labute approximate surface area is 212 Å². The molecule has 2 saturated carbocycles. The van der Waals surface area contributed by atoms with Crippen molar-refractivity contribution < 1.29 is 28.8 Å². The topological polar surface area (TPSA) is 127 Å². The fourth-order valence-corrected chi connectivity index (χ4v) is 6.60. The molecule has 5 atom stereocenters. The summed E-state index contributed by atoms with van der Waals surface area (Å²) < 4.78 is 5.49. The van der Waals surface area contributed by atoms with Crippen molar-refractivity contribution in [3.05, 3.63) is 58.1 Å². The molecule has 6 rings (SSSR count). The number of nitrogens with zero attached hydrogens (tertiary/aromatic N) is 3. The number of hydrogen-bond acceptors (Lipinski definition) is 7. The van der Waals surface area contributed by atoms with E-state index in [1.807, 2.05) is 0 Å². The van der Waals surface area contributed by atoms with Gasteiger partial charge >= 0.3 is 5.97 Å². The standard InChI is InChI=1S/C27H25N3O7/c1-14-2-5-19(12-21(14)30(35)36)28-13-17(11-22(28)31)27(34)37-20-8-6-18(7-9-20)29-25(32)23-15-3-4-16(10-15)24(23)26(29)33/h2,5-9,12,15-17,23-24H,3-4,10-11,13H2,1H3/t15-,16-,17+,23+,24+/m0/s1. The third kappa shape index (κ3) is 3.70. The van der Waals surface area contributed by atoms with Gasteiger partial charge in [-0.2, -0.15) is 0 Å². The number of esters is 1. The molecule has 0 unspecified atom stereocenters. The quantitative estimate of drug-likeness (QED) is 0.201. The molecular weight excluding hydrogens is 478 g/mol. The molecule has 2 bridgehead atoms. The van der Waals surface area contributed by atoms with Gasteiger partial charge in [0.05, 0.1) is 34.1 Å². The first-order valence-electron chi connectivity index (χ1n) is 12.5. The number of anilines is 2. The average molecular weight is 504 g/mol. The minimum Gasteiger partial charge on any atom is -0.426 e. The maximum absolute atomic E-state index is 13.0. The predicted molar refractivity (Wildman–Crippen MR) is 131 cm³/mol. The average Bonchev–Trinajstić information content (AvgIpc) is 3.64. The van der Waals surface area contributed by atoms with Gasteiger partial charge in [-0.25, -0.2) is 0 Å². The molecule has 2 aliphatic carbocycles. The van der Waals surface area contributed by atoms with Crippen molar-refractivity contribution in [1.82, 2.24) is 0 Å². The third-order valence-corrected chi connectivity index (χ3v) is 8.40. The predicted octanol–water partition coefficient (Wildman–Crippen LogP) is 3.40. The SMILES string of the molecule is Cc1ccc(N2C[C@H](C(=O)Oc3ccc(N4C(=O)[C@@H]5[C@H]6CC[C@@H](C6)[C@H]5C4=O)cc3)CC2=O)cc1[N+](=O)[O-]. The first-order chi connectivity index (χ1) is 17.7. The van der Waals surface area contributed by atoms with Crippen LogP contribution >= 0.6 is 0 Å². The van der Waals surface area contributed by atoms with E-state index in [9.17, 15) is 29.3 Å². The monoisotopic (exact) mass is 503 g/mol. The number of nitro benzene ring substituents is 1. The Morgan fingerprint density at radius 3 is 2.22 bits per heavy atom. The van der Waals surface area contributed by atoms with Crippen molar-refractivity contribution in [2.75, 3.05) is 16.3 Å². The number of ether oxygens (including phenoxy) is 1. The number of carbonyl (C=O) groups excluding carboxylic acids is 4. The summed E-state index contributed by atoms with van der Waals surface area (Å²) in [5.74, 6) is -1.48. The van der Waals surface area contributed by atoms with Crippen molar-refractivity contribution in [3.63, 3.8) is 0 Å². The van der Waals surface area contributed by atoms with Crippen molar-refractivity contribution in [3.8, 4) is 5.75 Å². The van der Waals surface area contributed by atoms with E-state index in [0.717, 1.165) is 19.3 Å². The largest absolute Gasteiger partial charge is 0.426 e. The summed E-state index contributed by atoms with van der Waals surface area (Å²) in [6.45, 7) is 1.67. The molecule has 2 aliphatic heterocycles. The van der Waals surface area contributed by atoms with Gasteiger partial charge in [0, 0.05) is 24.6 Å². The van der Waals surface area contributed by atoms with E-state index < -0.39 is 16.8 Å². The Kier molecular flexibility index (Phi) is 5.36. The molecule has 37 heavy (non-hydrogen) atoms. The molecule has 0 radical (unpaired) electrons. The number of fused-ring (bicyclic) bond motifs is 5. The van der Waals surface area contributed by atoms with Crippen LogP contribution in [0.25, 0.3) is 0 Å². The van der Waals surface area contributed by atoms with Crippen LogP contribution in [-0.4, -0.2) is 35.2 Å². The highest BCUT2D eigenvalue weighted by Crippen LogP contribution is 2.56. The number of carbonyl (C=O) groups is 4. The van der Waals surface area contributed by atoms with Crippen LogP contribution in [0.15, 0.2) is 42.5 Å². The molecule has 190 valence electrons. The van der Waals surface area contributed by atoms with Crippen molar-refractivity contribution in [2.24, 2.45) is 29.6 Å². The lowest BCUT2D eigenvalue weighted by molar-refractivity contribution is -0.385. The molecule has 2 saturated heterocycles. The van der Waals surface area contributed by atoms with Crippen LogP contribution in [0.2, 0.25) is 0 Å². The van der Waals surface area contributed by atoms with Gasteiger partial charge in [0.2, 0.25) is 17.7 Å². The number of nitro groups is 1. The Bertz CT molecular complexity index is 1330. The van der Waals surface area contributed by atoms with Crippen LogP contribution in [0, 0.1) is 46.6 Å². The van der Waals surface area contributed by atoms with E-state index in [4.69, 9.17) is 4.74 Å². The fraction of sp³-hybridized carbons (Fsp3) is 0.407. The number of aryl methyl sites for hydroxylation is 1. The molecule has 0 aromatic heterocycles. The van der Waals surface area contributed by atoms with E-state index in [0.29, 0.717) is 28.8 Å². The van der Waals surface area contributed by atoms with Gasteiger partial charge in [-0.3, -0.25) is 34.2 Å². The minimum absolute atomic E-state index is 0.0534. The van der Waals surface area contributed by atoms with E-state index in [1.165, 1.54) is 28.0 Å². The number of benzene rings is 2. The molecule has 10 nitrogen and oxygen atoms in total. The van der Waals surface area contributed by atoms with Crippen LogP contribution in [0.4, 0.5) is 17.1 Å². The molecule has 2 aromatic rings. The van der Waals surface area contributed by atoms with Crippen LogP contribution in [-0.2, 0) is 19.2 Å². The van der Waals surface area contributed by atoms with Crippen molar-refractivity contribution in [1.29, 1.82) is 0 Å². The Morgan fingerprint density at radius 1 is 0.973 bits per heavy atom.